The Hall–Kier alpha value is -1.63. The third-order valence-electron chi connectivity index (χ3n) is 2.19. The number of rotatable bonds is 7. The lowest BCUT2D eigenvalue weighted by Crippen LogP contribution is -2.32. The Labute approximate surface area is 106 Å². The van der Waals surface area contributed by atoms with Crippen LogP contribution in [0.1, 0.15) is 39.5 Å². The largest absolute Gasteiger partial charge is 0.481 e. The Morgan fingerprint density at radius 3 is 1.94 bits per heavy atom. The standard InChI is InChI=1S/C7H15NO.C4H7NO4/c1-3-4-5-6(2)7(8)9;5-2(4(8)9)1-3(6)7/h6H,3-5H2,1-2H3,(H2,8,9);2H,1,5H2,(H,6,7)(H,8,9). The average molecular weight is 262 g/mol. The first-order valence-electron chi connectivity index (χ1n) is 5.71. The van der Waals surface area contributed by atoms with Crippen LogP contribution in [0.2, 0.25) is 0 Å². The Balaban J connectivity index is 0. The van der Waals surface area contributed by atoms with Crippen molar-refractivity contribution in [1.29, 1.82) is 0 Å². The van der Waals surface area contributed by atoms with Gasteiger partial charge in [-0.2, -0.15) is 0 Å². The summed E-state index contributed by atoms with van der Waals surface area (Å²) in [5.74, 6) is -2.62. The molecule has 106 valence electrons. The molecule has 0 saturated carbocycles. The van der Waals surface area contributed by atoms with Gasteiger partial charge in [0.05, 0.1) is 6.42 Å². The molecule has 0 aliphatic heterocycles. The van der Waals surface area contributed by atoms with Gasteiger partial charge < -0.3 is 21.7 Å². The molecule has 0 heterocycles. The summed E-state index contributed by atoms with van der Waals surface area (Å²) in [6, 6.07) is -1.29. The Morgan fingerprint density at radius 2 is 1.72 bits per heavy atom. The molecule has 0 radical (unpaired) electrons. The van der Waals surface area contributed by atoms with Crippen molar-refractivity contribution in [3.63, 3.8) is 0 Å². The first kappa shape index (κ1) is 18.7. The molecule has 0 aromatic heterocycles. The number of nitrogens with two attached hydrogens (primary N) is 2. The molecule has 0 bridgehead atoms. The summed E-state index contributed by atoms with van der Waals surface area (Å²) in [6.45, 7) is 3.98. The van der Waals surface area contributed by atoms with Gasteiger partial charge in [-0.05, 0) is 6.42 Å². The second kappa shape index (κ2) is 10.5. The second-order valence-corrected chi connectivity index (χ2v) is 3.99. The van der Waals surface area contributed by atoms with Crippen LogP contribution in [-0.2, 0) is 14.4 Å². The molecule has 0 aromatic carbocycles. The van der Waals surface area contributed by atoms with E-state index < -0.39 is 24.4 Å². The van der Waals surface area contributed by atoms with E-state index in [1.165, 1.54) is 0 Å². The van der Waals surface area contributed by atoms with Crippen molar-refractivity contribution in [2.24, 2.45) is 17.4 Å². The van der Waals surface area contributed by atoms with Gasteiger partial charge in [0.15, 0.2) is 0 Å². The smallest absolute Gasteiger partial charge is 0.321 e. The topological polar surface area (TPSA) is 144 Å². The minimum absolute atomic E-state index is 0.0601. The van der Waals surface area contributed by atoms with E-state index >= 15 is 0 Å². The van der Waals surface area contributed by atoms with E-state index in [9.17, 15) is 14.4 Å². The molecular formula is C11H22N2O5. The quantitative estimate of drug-likeness (QED) is 0.515. The number of aliphatic carboxylic acids is 2. The predicted molar refractivity (Wildman–Crippen MR) is 65.7 cm³/mol. The van der Waals surface area contributed by atoms with Crippen molar-refractivity contribution in [2.75, 3.05) is 0 Å². The molecule has 2 atom stereocenters. The van der Waals surface area contributed by atoms with Crippen LogP contribution in [-0.4, -0.2) is 34.1 Å². The zero-order valence-corrected chi connectivity index (χ0v) is 10.8. The van der Waals surface area contributed by atoms with Crippen LogP contribution < -0.4 is 11.5 Å². The second-order valence-electron chi connectivity index (χ2n) is 3.99. The maximum absolute atomic E-state index is 10.4. The molecule has 0 aromatic rings. The van der Waals surface area contributed by atoms with Crippen molar-refractivity contribution < 1.29 is 24.6 Å². The fourth-order valence-electron chi connectivity index (χ4n) is 0.928. The van der Waals surface area contributed by atoms with Crippen molar-refractivity contribution in [2.45, 2.75) is 45.6 Å². The summed E-state index contributed by atoms with van der Waals surface area (Å²) in [4.78, 5) is 30.0. The molecule has 0 aliphatic carbocycles. The number of carboxylic acids is 2. The normalized spacial score (nSPS) is 12.8. The number of amides is 1. The van der Waals surface area contributed by atoms with Gasteiger partial charge in [0.1, 0.15) is 6.04 Å². The highest BCUT2D eigenvalue weighted by Crippen LogP contribution is 2.05. The molecule has 2 unspecified atom stereocenters. The minimum Gasteiger partial charge on any atom is -0.481 e. The van der Waals surface area contributed by atoms with Gasteiger partial charge in [-0.15, -0.1) is 0 Å². The maximum atomic E-state index is 10.4. The molecule has 0 fully saturated rings. The molecule has 18 heavy (non-hydrogen) atoms. The van der Waals surface area contributed by atoms with Gasteiger partial charge in [-0.25, -0.2) is 0 Å². The molecule has 0 rings (SSSR count). The maximum Gasteiger partial charge on any atom is 0.321 e. The number of carbonyl (C=O) groups excluding carboxylic acids is 1. The Bertz CT molecular complexity index is 281. The van der Waals surface area contributed by atoms with E-state index in [-0.39, 0.29) is 11.8 Å². The summed E-state index contributed by atoms with van der Waals surface area (Å²) >= 11 is 0. The zero-order chi connectivity index (χ0) is 14.7. The van der Waals surface area contributed by atoms with Crippen LogP contribution in [0.25, 0.3) is 0 Å². The van der Waals surface area contributed by atoms with Crippen LogP contribution >= 0.6 is 0 Å². The summed E-state index contributed by atoms with van der Waals surface area (Å²) in [5.41, 5.74) is 9.87. The zero-order valence-electron chi connectivity index (χ0n) is 10.8. The number of carboxylic acid groups (broad SMARTS) is 2. The summed E-state index contributed by atoms with van der Waals surface area (Å²) < 4.78 is 0. The van der Waals surface area contributed by atoms with Crippen LogP contribution in [0, 0.1) is 5.92 Å². The third-order valence-corrected chi connectivity index (χ3v) is 2.19. The van der Waals surface area contributed by atoms with Crippen molar-refractivity contribution in [3.05, 3.63) is 0 Å². The predicted octanol–water partition coefficient (Wildman–Crippen LogP) is 0.171. The SMILES string of the molecule is CCCCC(C)C(N)=O.NC(CC(=O)O)C(=O)O. The van der Waals surface area contributed by atoms with Crippen LogP contribution in [0.3, 0.4) is 0 Å². The van der Waals surface area contributed by atoms with Gasteiger partial charge in [-0.3, -0.25) is 14.4 Å². The molecule has 0 aliphatic rings. The number of hydrogen-bond acceptors (Lipinski definition) is 4. The highest BCUT2D eigenvalue weighted by Gasteiger charge is 2.14. The van der Waals surface area contributed by atoms with Crippen LogP contribution in [0.4, 0.5) is 0 Å². The molecule has 7 heteroatoms. The van der Waals surface area contributed by atoms with E-state index in [0.717, 1.165) is 19.3 Å². The monoisotopic (exact) mass is 262 g/mol. The lowest BCUT2D eigenvalue weighted by Gasteiger charge is -2.03. The third kappa shape index (κ3) is 12.4. The Morgan fingerprint density at radius 1 is 1.22 bits per heavy atom. The summed E-state index contributed by atoms with van der Waals surface area (Å²) in [7, 11) is 0. The van der Waals surface area contributed by atoms with E-state index in [1.54, 1.807) is 0 Å². The molecule has 7 nitrogen and oxygen atoms in total. The average Bonchev–Trinajstić information content (AvgIpc) is 2.25. The molecular weight excluding hydrogens is 240 g/mol. The summed E-state index contributed by atoms with van der Waals surface area (Å²) in [6.07, 6.45) is 2.64. The van der Waals surface area contributed by atoms with E-state index in [0.29, 0.717) is 0 Å². The highest BCUT2D eigenvalue weighted by molar-refractivity contribution is 5.80. The molecule has 0 spiro atoms. The van der Waals surface area contributed by atoms with Crippen molar-refractivity contribution >= 4 is 17.8 Å². The van der Waals surface area contributed by atoms with Gasteiger partial charge in [-0.1, -0.05) is 26.7 Å². The number of unbranched alkanes of at least 4 members (excludes halogenated alkanes) is 1. The number of hydrogen-bond donors (Lipinski definition) is 4. The van der Waals surface area contributed by atoms with Gasteiger partial charge in [0.25, 0.3) is 0 Å². The Kier molecular flexibility index (Phi) is 10.9. The molecule has 1 amide bonds. The number of carbonyl (C=O) groups is 3. The number of primary amides is 1. The molecule has 6 N–H and O–H groups in total. The summed E-state index contributed by atoms with van der Waals surface area (Å²) in [5, 5.41) is 16.0. The lowest BCUT2D eigenvalue weighted by atomic mass is 10.0. The van der Waals surface area contributed by atoms with Gasteiger partial charge >= 0.3 is 11.9 Å². The van der Waals surface area contributed by atoms with E-state index in [1.807, 2.05) is 6.92 Å². The van der Waals surface area contributed by atoms with Crippen molar-refractivity contribution in [3.8, 4) is 0 Å². The fraction of sp³-hybridized carbons (Fsp3) is 0.727. The highest BCUT2D eigenvalue weighted by atomic mass is 16.4. The van der Waals surface area contributed by atoms with Gasteiger partial charge in [0.2, 0.25) is 5.91 Å². The van der Waals surface area contributed by atoms with Crippen LogP contribution in [0.15, 0.2) is 0 Å². The first-order valence-corrected chi connectivity index (χ1v) is 5.71. The lowest BCUT2D eigenvalue weighted by molar-refractivity contribution is -0.144. The first-order chi connectivity index (χ1) is 8.22. The van der Waals surface area contributed by atoms with Crippen molar-refractivity contribution in [1.82, 2.24) is 0 Å². The van der Waals surface area contributed by atoms with Gasteiger partial charge in [0, 0.05) is 5.92 Å². The minimum atomic E-state index is -1.29. The van der Waals surface area contributed by atoms with E-state index in [4.69, 9.17) is 21.7 Å². The molecule has 0 saturated heterocycles. The fourth-order valence-corrected chi connectivity index (χ4v) is 0.928. The van der Waals surface area contributed by atoms with E-state index in [2.05, 4.69) is 6.92 Å². The van der Waals surface area contributed by atoms with Crippen LogP contribution in [0.5, 0.6) is 0 Å².